The summed E-state index contributed by atoms with van der Waals surface area (Å²) in [7, 11) is 3.16. The lowest BCUT2D eigenvalue weighted by Gasteiger charge is -2.13. The topological polar surface area (TPSA) is 104 Å². The fraction of sp³-hybridized carbons (Fsp3) is 0.261. The number of rotatable bonds is 7. The number of hydrogen-bond donors (Lipinski definition) is 2. The van der Waals surface area contributed by atoms with Gasteiger partial charge in [-0.1, -0.05) is 25.5 Å². The van der Waals surface area contributed by atoms with Gasteiger partial charge in [0.2, 0.25) is 0 Å². The van der Waals surface area contributed by atoms with E-state index in [9.17, 15) is 4.79 Å². The molecule has 0 aliphatic carbocycles. The highest BCUT2D eigenvalue weighted by atomic mass is 16.5. The normalized spacial score (nSPS) is 11.1. The molecule has 1 amide bonds. The Balaban J connectivity index is 2.00. The Morgan fingerprint density at radius 3 is 2.52 bits per heavy atom. The number of carbonyl (C=O) groups excluding carboxylic acids is 1. The van der Waals surface area contributed by atoms with E-state index in [1.807, 2.05) is 30.3 Å². The third kappa shape index (κ3) is 3.61. The summed E-state index contributed by atoms with van der Waals surface area (Å²) >= 11 is 0. The molecule has 2 aromatic heterocycles. The molecule has 0 saturated heterocycles. The third-order valence-electron chi connectivity index (χ3n) is 5.17. The average Bonchev–Trinajstić information content (AvgIpc) is 3.07. The second kappa shape index (κ2) is 8.51. The molecule has 0 aliphatic rings. The Morgan fingerprint density at radius 2 is 1.84 bits per heavy atom. The number of nitrogen functional groups attached to an aromatic ring is 1. The molecule has 0 saturated carbocycles. The predicted molar refractivity (Wildman–Crippen MR) is 121 cm³/mol. The Labute approximate surface area is 180 Å². The number of ether oxygens (including phenoxy) is 2. The smallest absolute Gasteiger partial charge is 0.257 e. The van der Waals surface area contributed by atoms with E-state index in [1.165, 1.54) is 0 Å². The van der Waals surface area contributed by atoms with Crippen molar-refractivity contribution in [3.63, 3.8) is 0 Å². The molecule has 8 nitrogen and oxygen atoms in total. The minimum absolute atomic E-state index is 0.253. The number of nitrogens with zero attached hydrogens (tertiary/aromatic N) is 3. The molecule has 0 fully saturated rings. The van der Waals surface area contributed by atoms with Crippen LogP contribution >= 0.6 is 0 Å². The molecule has 0 unspecified atom stereocenters. The number of fused-ring (bicyclic) bond motifs is 2. The first-order chi connectivity index (χ1) is 15.1. The standard InChI is InChI=1S/C23H25N5O3/c1-4-5-12-25-23(29)19-20-22(27-16-9-7-6-8-15(16)26-20)28(21(19)24)17-11-10-14(30-2)13-18(17)31-3/h6-11,13H,4-5,12,24H2,1-3H3,(H,25,29). The van der Waals surface area contributed by atoms with E-state index in [-0.39, 0.29) is 11.7 Å². The van der Waals surface area contributed by atoms with Gasteiger partial charge in [-0.05, 0) is 30.7 Å². The molecule has 4 rings (SSSR count). The summed E-state index contributed by atoms with van der Waals surface area (Å²) in [6.07, 6.45) is 1.86. The third-order valence-corrected chi connectivity index (χ3v) is 5.17. The van der Waals surface area contributed by atoms with Crippen molar-refractivity contribution in [1.82, 2.24) is 19.9 Å². The van der Waals surface area contributed by atoms with Crippen LogP contribution in [0.25, 0.3) is 27.9 Å². The summed E-state index contributed by atoms with van der Waals surface area (Å²) in [5, 5.41) is 2.94. The molecule has 160 valence electrons. The van der Waals surface area contributed by atoms with Gasteiger partial charge in [0.25, 0.3) is 5.91 Å². The molecule has 0 bridgehead atoms. The van der Waals surface area contributed by atoms with Crippen LogP contribution in [0.5, 0.6) is 11.5 Å². The Morgan fingerprint density at radius 1 is 1.10 bits per heavy atom. The van der Waals surface area contributed by atoms with Gasteiger partial charge in [-0.3, -0.25) is 9.36 Å². The SMILES string of the molecule is CCCCNC(=O)c1c(N)n(-c2ccc(OC)cc2OC)c2nc3ccccc3nc12. The summed E-state index contributed by atoms with van der Waals surface area (Å²) in [5.41, 5.74) is 9.83. The number of carbonyl (C=O) groups is 1. The molecule has 2 aromatic carbocycles. The van der Waals surface area contributed by atoms with Crippen molar-refractivity contribution >= 4 is 33.9 Å². The van der Waals surface area contributed by atoms with Crippen molar-refractivity contribution in [1.29, 1.82) is 0 Å². The second-order valence-electron chi connectivity index (χ2n) is 7.13. The minimum Gasteiger partial charge on any atom is -0.497 e. The number of methoxy groups -OCH3 is 2. The fourth-order valence-electron chi connectivity index (χ4n) is 3.57. The predicted octanol–water partition coefficient (Wildman–Crippen LogP) is 3.70. The molecular weight excluding hydrogens is 394 g/mol. The van der Waals surface area contributed by atoms with Crippen LogP contribution in [0.3, 0.4) is 0 Å². The van der Waals surface area contributed by atoms with Crippen molar-refractivity contribution in [2.75, 3.05) is 26.5 Å². The van der Waals surface area contributed by atoms with E-state index in [4.69, 9.17) is 25.2 Å². The molecular formula is C23H25N5O3. The van der Waals surface area contributed by atoms with Crippen molar-refractivity contribution in [3.8, 4) is 17.2 Å². The Hall–Kier alpha value is -3.81. The van der Waals surface area contributed by atoms with Crippen LogP contribution in [0, 0.1) is 0 Å². The van der Waals surface area contributed by atoms with Crippen LogP contribution in [-0.2, 0) is 0 Å². The number of benzene rings is 2. The monoisotopic (exact) mass is 419 g/mol. The van der Waals surface area contributed by atoms with Gasteiger partial charge in [0.1, 0.15) is 28.4 Å². The first-order valence-corrected chi connectivity index (χ1v) is 10.2. The average molecular weight is 419 g/mol. The van der Waals surface area contributed by atoms with E-state index in [0.29, 0.717) is 51.5 Å². The van der Waals surface area contributed by atoms with Gasteiger partial charge >= 0.3 is 0 Å². The summed E-state index contributed by atoms with van der Waals surface area (Å²) in [6, 6.07) is 12.9. The van der Waals surface area contributed by atoms with E-state index >= 15 is 0 Å². The number of anilines is 1. The van der Waals surface area contributed by atoms with Gasteiger partial charge in [-0.15, -0.1) is 0 Å². The van der Waals surface area contributed by atoms with E-state index in [0.717, 1.165) is 12.8 Å². The lowest BCUT2D eigenvalue weighted by atomic mass is 10.2. The number of para-hydroxylation sites is 2. The molecule has 31 heavy (non-hydrogen) atoms. The number of aromatic nitrogens is 3. The minimum atomic E-state index is -0.272. The van der Waals surface area contributed by atoms with Crippen LogP contribution in [0.4, 0.5) is 5.82 Å². The van der Waals surface area contributed by atoms with Gasteiger partial charge in [-0.2, -0.15) is 0 Å². The maximum Gasteiger partial charge on any atom is 0.257 e. The van der Waals surface area contributed by atoms with Gasteiger partial charge in [-0.25, -0.2) is 9.97 Å². The first-order valence-electron chi connectivity index (χ1n) is 10.2. The molecule has 0 atom stereocenters. The summed E-state index contributed by atoms with van der Waals surface area (Å²) in [4.78, 5) is 22.6. The number of nitrogens with two attached hydrogens (primary N) is 1. The molecule has 2 heterocycles. The number of unbranched alkanes of at least 4 members (excludes halogenated alkanes) is 1. The van der Waals surface area contributed by atoms with Crippen molar-refractivity contribution in [2.45, 2.75) is 19.8 Å². The zero-order chi connectivity index (χ0) is 22.0. The number of hydrogen-bond acceptors (Lipinski definition) is 6. The zero-order valence-electron chi connectivity index (χ0n) is 17.8. The summed E-state index contributed by atoms with van der Waals surface area (Å²) in [5.74, 6) is 1.16. The number of nitrogens with one attached hydrogen (secondary N) is 1. The van der Waals surface area contributed by atoms with E-state index < -0.39 is 0 Å². The molecule has 0 aliphatic heterocycles. The van der Waals surface area contributed by atoms with Crippen LogP contribution in [-0.4, -0.2) is 41.2 Å². The Kier molecular flexibility index (Phi) is 5.62. The van der Waals surface area contributed by atoms with Crippen molar-refractivity contribution in [3.05, 3.63) is 48.0 Å². The van der Waals surface area contributed by atoms with E-state index in [2.05, 4.69) is 12.2 Å². The summed E-state index contributed by atoms with van der Waals surface area (Å²) in [6.45, 7) is 2.63. The lowest BCUT2D eigenvalue weighted by Crippen LogP contribution is -2.25. The van der Waals surface area contributed by atoms with Crippen molar-refractivity contribution in [2.24, 2.45) is 0 Å². The molecule has 0 spiro atoms. The van der Waals surface area contributed by atoms with Gasteiger partial charge in [0.15, 0.2) is 5.65 Å². The summed E-state index contributed by atoms with van der Waals surface area (Å²) < 4.78 is 12.6. The maximum atomic E-state index is 13.1. The van der Waals surface area contributed by atoms with E-state index in [1.54, 1.807) is 30.9 Å². The largest absolute Gasteiger partial charge is 0.497 e. The van der Waals surface area contributed by atoms with Gasteiger partial charge in [0, 0.05) is 12.6 Å². The molecule has 8 heteroatoms. The van der Waals surface area contributed by atoms with Crippen LogP contribution in [0.15, 0.2) is 42.5 Å². The molecule has 0 radical (unpaired) electrons. The maximum absolute atomic E-state index is 13.1. The molecule has 3 N–H and O–H groups in total. The highest BCUT2D eigenvalue weighted by Crippen LogP contribution is 2.36. The first kappa shape index (κ1) is 20.5. The lowest BCUT2D eigenvalue weighted by molar-refractivity contribution is 0.0955. The van der Waals surface area contributed by atoms with Crippen LogP contribution in [0.2, 0.25) is 0 Å². The van der Waals surface area contributed by atoms with Crippen LogP contribution in [0.1, 0.15) is 30.1 Å². The van der Waals surface area contributed by atoms with Gasteiger partial charge < -0.3 is 20.5 Å². The van der Waals surface area contributed by atoms with Crippen molar-refractivity contribution < 1.29 is 14.3 Å². The van der Waals surface area contributed by atoms with Gasteiger partial charge in [0.05, 0.1) is 30.9 Å². The molecule has 4 aromatic rings. The fourth-order valence-corrected chi connectivity index (χ4v) is 3.57. The van der Waals surface area contributed by atoms with Crippen LogP contribution < -0.4 is 20.5 Å². The highest BCUT2D eigenvalue weighted by Gasteiger charge is 2.26. The number of amides is 1. The quantitative estimate of drug-likeness (QED) is 0.443. The zero-order valence-corrected chi connectivity index (χ0v) is 17.8. The second-order valence-corrected chi connectivity index (χ2v) is 7.13. The highest BCUT2D eigenvalue weighted by molar-refractivity contribution is 6.11. The Bertz CT molecular complexity index is 1270.